The molecule has 0 aromatic heterocycles. The Kier molecular flexibility index (Phi) is 5.17. The van der Waals surface area contributed by atoms with Crippen molar-refractivity contribution in [2.45, 2.75) is 17.6 Å². The first-order valence-corrected chi connectivity index (χ1v) is 8.18. The van der Waals surface area contributed by atoms with E-state index in [1.165, 1.54) is 0 Å². The molecule has 0 aliphatic carbocycles. The van der Waals surface area contributed by atoms with Crippen molar-refractivity contribution in [1.29, 1.82) is 0 Å². The molecule has 10 heteroatoms. The molecule has 0 spiro atoms. The fourth-order valence-corrected chi connectivity index (χ4v) is 3.08. The quantitative estimate of drug-likeness (QED) is 0.636. The van der Waals surface area contributed by atoms with E-state index in [4.69, 9.17) is 11.6 Å². The van der Waals surface area contributed by atoms with Crippen molar-refractivity contribution in [3.63, 3.8) is 0 Å². The van der Waals surface area contributed by atoms with Crippen LogP contribution in [-0.4, -0.2) is 8.42 Å². The van der Waals surface area contributed by atoms with Crippen molar-refractivity contribution in [2.24, 2.45) is 0 Å². The molecule has 24 heavy (non-hydrogen) atoms. The minimum Gasteiger partial charge on any atom is -0.207 e. The minimum atomic E-state index is -4.72. The molecule has 2 rings (SSSR count). The third-order valence-electron chi connectivity index (χ3n) is 3.05. The topological polar surface area (TPSA) is 46.2 Å². The van der Waals surface area contributed by atoms with Gasteiger partial charge in [-0.15, -0.1) is 0 Å². The lowest BCUT2D eigenvalue weighted by molar-refractivity contribution is -0.137. The Morgan fingerprint density at radius 1 is 1.04 bits per heavy atom. The Labute approximate surface area is 139 Å². The van der Waals surface area contributed by atoms with Crippen LogP contribution < -0.4 is 4.72 Å². The van der Waals surface area contributed by atoms with E-state index >= 15 is 0 Å². The zero-order valence-electron chi connectivity index (χ0n) is 11.7. The van der Waals surface area contributed by atoms with Crippen LogP contribution >= 0.6 is 11.6 Å². The molecule has 0 radical (unpaired) electrons. The number of sulfonamides is 1. The van der Waals surface area contributed by atoms with Crippen molar-refractivity contribution in [3.05, 3.63) is 64.2 Å². The fraction of sp³-hybridized carbons (Fsp3) is 0.143. The van der Waals surface area contributed by atoms with Crippen molar-refractivity contribution in [3.8, 4) is 0 Å². The Bertz CT molecular complexity index is 868. The zero-order chi connectivity index (χ0) is 18.1. The summed E-state index contributed by atoms with van der Waals surface area (Å²) in [6, 6.07) is 4.54. The normalized spacial score (nSPS) is 12.4. The van der Waals surface area contributed by atoms with E-state index in [-0.39, 0.29) is 0 Å². The Morgan fingerprint density at radius 3 is 2.29 bits per heavy atom. The average Bonchev–Trinajstić information content (AvgIpc) is 2.50. The summed E-state index contributed by atoms with van der Waals surface area (Å²) < 4.78 is 90.8. The van der Waals surface area contributed by atoms with Crippen LogP contribution in [0.1, 0.15) is 11.1 Å². The second-order valence-electron chi connectivity index (χ2n) is 4.67. The van der Waals surface area contributed by atoms with E-state index in [9.17, 15) is 30.4 Å². The highest BCUT2D eigenvalue weighted by Gasteiger charge is 2.31. The van der Waals surface area contributed by atoms with Crippen LogP contribution in [0.4, 0.5) is 22.0 Å². The van der Waals surface area contributed by atoms with Gasteiger partial charge in [-0.25, -0.2) is 21.9 Å². The highest BCUT2D eigenvalue weighted by Crippen LogP contribution is 2.30. The predicted molar refractivity (Wildman–Crippen MR) is 76.8 cm³/mol. The molecule has 0 heterocycles. The van der Waals surface area contributed by atoms with Gasteiger partial charge in [0.15, 0.2) is 0 Å². The number of benzene rings is 2. The Morgan fingerprint density at radius 2 is 1.67 bits per heavy atom. The van der Waals surface area contributed by atoms with Gasteiger partial charge < -0.3 is 0 Å². The summed E-state index contributed by atoms with van der Waals surface area (Å²) in [5.41, 5.74) is -1.60. The standard InChI is InChI=1S/C14H9ClF5NO2S/c15-13-10(11(16)4-5-12(13)17)7-21-24(22,23)9-3-1-2-8(6-9)14(18,19)20/h1-6,21H,7H2. The molecule has 0 bridgehead atoms. The second kappa shape index (κ2) is 6.66. The van der Waals surface area contributed by atoms with E-state index in [2.05, 4.69) is 0 Å². The van der Waals surface area contributed by atoms with Gasteiger partial charge in [0.25, 0.3) is 0 Å². The van der Waals surface area contributed by atoms with E-state index in [1.807, 2.05) is 4.72 Å². The van der Waals surface area contributed by atoms with E-state index in [0.29, 0.717) is 12.1 Å². The molecule has 0 saturated carbocycles. The molecular weight excluding hydrogens is 377 g/mol. The molecule has 2 aromatic carbocycles. The summed E-state index contributed by atoms with van der Waals surface area (Å²) >= 11 is 5.56. The number of hydrogen-bond acceptors (Lipinski definition) is 2. The molecule has 0 unspecified atom stereocenters. The molecule has 0 atom stereocenters. The van der Waals surface area contributed by atoms with Crippen LogP contribution in [0.25, 0.3) is 0 Å². The van der Waals surface area contributed by atoms with Crippen LogP contribution in [0.2, 0.25) is 5.02 Å². The van der Waals surface area contributed by atoms with Crippen LogP contribution in [-0.2, 0) is 22.7 Å². The minimum absolute atomic E-state index is 0.436. The lowest BCUT2D eigenvalue weighted by atomic mass is 10.2. The third-order valence-corrected chi connectivity index (χ3v) is 4.86. The summed E-state index contributed by atoms with van der Waals surface area (Å²) in [6.07, 6.45) is -4.72. The number of rotatable bonds is 4. The van der Waals surface area contributed by atoms with Gasteiger partial charge in [-0.2, -0.15) is 13.2 Å². The fourth-order valence-electron chi connectivity index (χ4n) is 1.82. The van der Waals surface area contributed by atoms with Crippen molar-refractivity contribution >= 4 is 21.6 Å². The van der Waals surface area contributed by atoms with E-state index < -0.39 is 55.4 Å². The maximum atomic E-state index is 13.6. The monoisotopic (exact) mass is 385 g/mol. The number of hydrogen-bond donors (Lipinski definition) is 1. The number of alkyl halides is 3. The summed E-state index contributed by atoms with van der Waals surface area (Å²) in [6.45, 7) is -0.721. The molecule has 130 valence electrons. The van der Waals surface area contributed by atoms with Gasteiger partial charge in [0.05, 0.1) is 15.5 Å². The van der Waals surface area contributed by atoms with Gasteiger partial charge in [0, 0.05) is 12.1 Å². The third kappa shape index (κ3) is 4.03. The van der Waals surface area contributed by atoms with Crippen LogP contribution in [0, 0.1) is 11.6 Å². The smallest absolute Gasteiger partial charge is 0.207 e. The number of nitrogens with one attached hydrogen (secondary N) is 1. The first-order valence-electron chi connectivity index (χ1n) is 6.31. The molecule has 0 saturated heterocycles. The second-order valence-corrected chi connectivity index (χ2v) is 6.82. The first kappa shape index (κ1) is 18.6. The molecule has 3 nitrogen and oxygen atoms in total. The van der Waals surface area contributed by atoms with Gasteiger partial charge >= 0.3 is 6.18 Å². The van der Waals surface area contributed by atoms with Gasteiger partial charge in [0.2, 0.25) is 10.0 Å². The largest absolute Gasteiger partial charge is 0.416 e. The first-order chi connectivity index (χ1) is 11.0. The van der Waals surface area contributed by atoms with Gasteiger partial charge in [0.1, 0.15) is 11.6 Å². The van der Waals surface area contributed by atoms with Crippen LogP contribution in [0.15, 0.2) is 41.3 Å². The van der Waals surface area contributed by atoms with E-state index in [0.717, 1.165) is 24.3 Å². The maximum Gasteiger partial charge on any atom is 0.416 e. The van der Waals surface area contributed by atoms with Gasteiger partial charge in [-0.05, 0) is 30.3 Å². The SMILES string of the molecule is O=S(=O)(NCc1c(F)ccc(F)c1Cl)c1cccc(C(F)(F)F)c1. The summed E-state index contributed by atoms with van der Waals surface area (Å²) in [4.78, 5) is -0.662. The lowest BCUT2D eigenvalue weighted by Gasteiger charge is -2.11. The molecule has 0 fully saturated rings. The molecule has 0 aliphatic heterocycles. The predicted octanol–water partition coefficient (Wildman–Crippen LogP) is 4.12. The Hall–Kier alpha value is -1.71. The molecule has 0 aliphatic rings. The van der Waals surface area contributed by atoms with Crippen molar-refractivity contribution in [1.82, 2.24) is 4.72 Å². The average molecular weight is 386 g/mol. The molecule has 2 aromatic rings. The van der Waals surface area contributed by atoms with Crippen LogP contribution in [0.3, 0.4) is 0 Å². The highest BCUT2D eigenvalue weighted by molar-refractivity contribution is 7.89. The van der Waals surface area contributed by atoms with Crippen molar-refractivity contribution in [2.75, 3.05) is 0 Å². The number of halogens is 6. The molecule has 0 amide bonds. The zero-order valence-corrected chi connectivity index (χ0v) is 13.2. The van der Waals surface area contributed by atoms with E-state index in [1.54, 1.807) is 0 Å². The van der Waals surface area contributed by atoms with Gasteiger partial charge in [-0.3, -0.25) is 0 Å². The van der Waals surface area contributed by atoms with Crippen LogP contribution in [0.5, 0.6) is 0 Å². The Balaban J connectivity index is 2.29. The summed E-state index contributed by atoms with van der Waals surface area (Å²) in [5, 5.41) is -0.609. The molecule has 1 N–H and O–H groups in total. The van der Waals surface area contributed by atoms with Gasteiger partial charge in [-0.1, -0.05) is 17.7 Å². The maximum absolute atomic E-state index is 13.6. The summed E-state index contributed by atoms with van der Waals surface area (Å²) in [7, 11) is -4.39. The summed E-state index contributed by atoms with van der Waals surface area (Å²) in [5.74, 6) is -1.90. The van der Waals surface area contributed by atoms with Crippen molar-refractivity contribution < 1.29 is 30.4 Å². The molecular formula is C14H9ClF5NO2S. The highest BCUT2D eigenvalue weighted by atomic mass is 35.5. The lowest BCUT2D eigenvalue weighted by Crippen LogP contribution is -2.24.